The maximum Gasteiger partial charge on any atom is 0.0209 e. The van der Waals surface area contributed by atoms with Crippen LogP contribution in [0.25, 0.3) is 11.1 Å². The van der Waals surface area contributed by atoms with E-state index in [1.165, 1.54) is 31.4 Å². The highest BCUT2D eigenvalue weighted by Crippen LogP contribution is 2.32. The van der Waals surface area contributed by atoms with Crippen LogP contribution in [0.1, 0.15) is 37.5 Å². The fourth-order valence-electron chi connectivity index (χ4n) is 2.28. The Balaban J connectivity index is 2.55. The molecule has 0 bridgehead atoms. The second-order valence-electron chi connectivity index (χ2n) is 6.26. The van der Waals surface area contributed by atoms with E-state index in [1.54, 1.807) is 0 Å². The Morgan fingerprint density at radius 2 is 1.53 bits per heavy atom. The predicted molar refractivity (Wildman–Crippen MR) is 92.8 cm³/mol. The summed E-state index contributed by atoms with van der Waals surface area (Å²) in [4.78, 5) is 0. The molecule has 0 aliphatic rings. The molecule has 100 valence electrons. The van der Waals surface area contributed by atoms with Crippen molar-refractivity contribution in [2.45, 2.75) is 40.0 Å². The zero-order valence-corrected chi connectivity index (χ0v) is 14.5. The molecular weight excluding hydrogens is 343 g/mol. The highest BCUT2D eigenvalue weighted by molar-refractivity contribution is 14.1. The Morgan fingerprint density at radius 1 is 0.842 bits per heavy atom. The molecular formula is C18H21I. The molecule has 0 heterocycles. The van der Waals surface area contributed by atoms with Gasteiger partial charge in [-0.25, -0.2) is 0 Å². The number of rotatable bonds is 1. The third-order valence-corrected chi connectivity index (χ3v) is 4.45. The van der Waals surface area contributed by atoms with E-state index in [0.29, 0.717) is 0 Å². The molecule has 0 radical (unpaired) electrons. The Hall–Kier alpha value is -0.830. The van der Waals surface area contributed by atoms with E-state index in [1.807, 2.05) is 0 Å². The second kappa shape index (κ2) is 5.28. The van der Waals surface area contributed by atoms with Crippen molar-refractivity contribution in [3.8, 4) is 11.1 Å². The lowest BCUT2D eigenvalue weighted by Gasteiger charge is -2.21. The molecule has 0 atom stereocenters. The first kappa shape index (κ1) is 14.6. The molecule has 0 spiro atoms. The molecule has 0 fully saturated rings. The molecule has 0 saturated heterocycles. The first-order valence-electron chi connectivity index (χ1n) is 6.67. The van der Waals surface area contributed by atoms with Crippen LogP contribution in [0.4, 0.5) is 0 Å². The van der Waals surface area contributed by atoms with E-state index in [9.17, 15) is 0 Å². The third-order valence-electron chi connectivity index (χ3n) is 3.50. The maximum atomic E-state index is 2.42. The van der Waals surface area contributed by atoms with E-state index in [2.05, 4.69) is 93.6 Å². The standard InChI is InChI=1S/C18H21I/c1-12-6-9-17(19)16(10-12)15-8-7-14(11-13(15)2)18(3,4)5/h6-11H,1-5H3. The van der Waals surface area contributed by atoms with Crippen LogP contribution in [0, 0.1) is 17.4 Å². The average Bonchev–Trinajstić information content (AvgIpc) is 2.31. The highest BCUT2D eigenvalue weighted by Gasteiger charge is 2.15. The zero-order chi connectivity index (χ0) is 14.2. The maximum absolute atomic E-state index is 2.42. The van der Waals surface area contributed by atoms with Gasteiger partial charge in [0.1, 0.15) is 0 Å². The van der Waals surface area contributed by atoms with E-state index in [-0.39, 0.29) is 5.41 Å². The smallest absolute Gasteiger partial charge is 0.0209 e. The largest absolute Gasteiger partial charge is 0.0582 e. The molecule has 19 heavy (non-hydrogen) atoms. The average molecular weight is 364 g/mol. The van der Waals surface area contributed by atoms with Crippen LogP contribution < -0.4 is 0 Å². The van der Waals surface area contributed by atoms with Gasteiger partial charge in [0.15, 0.2) is 0 Å². The Labute approximate surface area is 130 Å². The van der Waals surface area contributed by atoms with Crippen molar-refractivity contribution in [3.05, 3.63) is 56.7 Å². The van der Waals surface area contributed by atoms with Gasteiger partial charge in [0.25, 0.3) is 0 Å². The predicted octanol–water partition coefficient (Wildman–Crippen LogP) is 5.87. The zero-order valence-electron chi connectivity index (χ0n) is 12.3. The molecule has 2 rings (SSSR count). The number of benzene rings is 2. The highest BCUT2D eigenvalue weighted by atomic mass is 127. The van der Waals surface area contributed by atoms with Gasteiger partial charge in [-0.1, -0.05) is 56.7 Å². The van der Waals surface area contributed by atoms with Gasteiger partial charge in [0.05, 0.1) is 0 Å². The minimum absolute atomic E-state index is 0.211. The summed E-state index contributed by atoms with van der Waals surface area (Å²) >= 11 is 2.42. The first-order valence-corrected chi connectivity index (χ1v) is 7.74. The summed E-state index contributed by atoms with van der Waals surface area (Å²) in [7, 11) is 0. The summed E-state index contributed by atoms with van der Waals surface area (Å²) < 4.78 is 1.31. The van der Waals surface area contributed by atoms with E-state index >= 15 is 0 Å². The molecule has 0 N–H and O–H groups in total. The molecule has 2 aromatic rings. The van der Waals surface area contributed by atoms with Gasteiger partial charge in [-0.3, -0.25) is 0 Å². The van der Waals surface area contributed by atoms with Gasteiger partial charge in [0, 0.05) is 3.57 Å². The van der Waals surface area contributed by atoms with Crippen LogP contribution in [0.2, 0.25) is 0 Å². The molecule has 0 aliphatic carbocycles. The molecule has 1 heteroatoms. The van der Waals surface area contributed by atoms with Crippen molar-refractivity contribution in [3.63, 3.8) is 0 Å². The van der Waals surface area contributed by atoms with Crippen molar-refractivity contribution in [2.75, 3.05) is 0 Å². The summed E-state index contributed by atoms with van der Waals surface area (Å²) in [5.74, 6) is 0. The molecule has 2 aromatic carbocycles. The summed E-state index contributed by atoms with van der Waals surface area (Å²) in [6.07, 6.45) is 0. The lowest BCUT2D eigenvalue weighted by Crippen LogP contribution is -2.11. The molecule has 0 unspecified atom stereocenters. The van der Waals surface area contributed by atoms with Crippen LogP contribution in [0.5, 0.6) is 0 Å². The van der Waals surface area contributed by atoms with E-state index in [0.717, 1.165) is 0 Å². The van der Waals surface area contributed by atoms with Gasteiger partial charge in [-0.05, 0) is 70.2 Å². The van der Waals surface area contributed by atoms with Crippen LogP contribution in [0.3, 0.4) is 0 Å². The Morgan fingerprint density at radius 3 is 2.11 bits per heavy atom. The minimum atomic E-state index is 0.211. The van der Waals surface area contributed by atoms with Crippen molar-refractivity contribution in [1.29, 1.82) is 0 Å². The van der Waals surface area contributed by atoms with E-state index < -0.39 is 0 Å². The van der Waals surface area contributed by atoms with Crippen molar-refractivity contribution < 1.29 is 0 Å². The van der Waals surface area contributed by atoms with Crippen LogP contribution in [0.15, 0.2) is 36.4 Å². The van der Waals surface area contributed by atoms with Crippen LogP contribution in [-0.4, -0.2) is 0 Å². The van der Waals surface area contributed by atoms with E-state index in [4.69, 9.17) is 0 Å². The minimum Gasteiger partial charge on any atom is -0.0582 e. The van der Waals surface area contributed by atoms with Crippen LogP contribution in [-0.2, 0) is 5.41 Å². The fraction of sp³-hybridized carbons (Fsp3) is 0.333. The number of aryl methyl sites for hydroxylation is 2. The SMILES string of the molecule is Cc1ccc(I)c(-c2ccc(C(C)(C)C)cc2C)c1. The van der Waals surface area contributed by atoms with Crippen molar-refractivity contribution in [2.24, 2.45) is 0 Å². The summed E-state index contributed by atoms with van der Waals surface area (Å²) in [6.45, 7) is 11.1. The Bertz CT molecular complexity index is 604. The lowest BCUT2D eigenvalue weighted by atomic mass is 9.84. The molecule has 0 amide bonds. The van der Waals surface area contributed by atoms with Gasteiger partial charge < -0.3 is 0 Å². The third kappa shape index (κ3) is 3.19. The molecule has 0 saturated carbocycles. The molecule has 0 nitrogen and oxygen atoms in total. The Kier molecular flexibility index (Phi) is 4.05. The molecule has 0 aromatic heterocycles. The topological polar surface area (TPSA) is 0 Å². The van der Waals surface area contributed by atoms with Crippen molar-refractivity contribution in [1.82, 2.24) is 0 Å². The number of halogens is 1. The van der Waals surface area contributed by atoms with Gasteiger partial charge >= 0.3 is 0 Å². The fourth-order valence-corrected chi connectivity index (χ4v) is 2.90. The van der Waals surface area contributed by atoms with Gasteiger partial charge in [0.2, 0.25) is 0 Å². The van der Waals surface area contributed by atoms with Crippen LogP contribution >= 0.6 is 22.6 Å². The number of hydrogen-bond donors (Lipinski definition) is 0. The molecule has 0 aliphatic heterocycles. The summed E-state index contributed by atoms with van der Waals surface area (Å²) in [5.41, 5.74) is 6.98. The normalized spacial score (nSPS) is 11.7. The number of hydrogen-bond acceptors (Lipinski definition) is 0. The summed E-state index contributed by atoms with van der Waals surface area (Å²) in [5, 5.41) is 0. The monoisotopic (exact) mass is 364 g/mol. The quantitative estimate of drug-likeness (QED) is 0.555. The second-order valence-corrected chi connectivity index (χ2v) is 7.43. The van der Waals surface area contributed by atoms with Gasteiger partial charge in [-0.2, -0.15) is 0 Å². The van der Waals surface area contributed by atoms with Gasteiger partial charge in [-0.15, -0.1) is 0 Å². The van der Waals surface area contributed by atoms with Crippen molar-refractivity contribution >= 4 is 22.6 Å². The lowest BCUT2D eigenvalue weighted by molar-refractivity contribution is 0.590. The first-order chi connectivity index (χ1) is 8.79. The summed E-state index contributed by atoms with van der Waals surface area (Å²) in [6, 6.07) is 13.5.